The Morgan fingerprint density at radius 3 is 2.57 bits per heavy atom. The minimum Gasteiger partial charge on any atom is -0.479 e. The fourth-order valence-electron chi connectivity index (χ4n) is 4.80. The molecule has 2 aliphatic rings. The number of anilines is 3. The first-order valence-electron chi connectivity index (χ1n) is 12.2. The van der Waals surface area contributed by atoms with Crippen molar-refractivity contribution in [3.8, 4) is 5.88 Å². The van der Waals surface area contributed by atoms with Crippen molar-refractivity contribution in [3.63, 3.8) is 0 Å². The number of aromatic nitrogens is 4. The maximum absolute atomic E-state index is 12.2. The summed E-state index contributed by atoms with van der Waals surface area (Å²) in [4.78, 5) is 32.0. The molecule has 1 saturated heterocycles. The van der Waals surface area contributed by atoms with Crippen LogP contribution in [0.5, 0.6) is 5.88 Å². The van der Waals surface area contributed by atoms with E-state index in [4.69, 9.17) is 9.72 Å². The van der Waals surface area contributed by atoms with Gasteiger partial charge in [-0.05, 0) is 56.8 Å². The summed E-state index contributed by atoms with van der Waals surface area (Å²) >= 11 is 0. The molecule has 1 aliphatic heterocycles. The summed E-state index contributed by atoms with van der Waals surface area (Å²) in [6.07, 6.45) is 9.46. The van der Waals surface area contributed by atoms with Gasteiger partial charge in [-0.3, -0.25) is 4.79 Å². The van der Waals surface area contributed by atoms with Crippen molar-refractivity contribution in [1.82, 2.24) is 24.8 Å². The van der Waals surface area contributed by atoms with Crippen molar-refractivity contribution in [2.45, 2.75) is 31.7 Å². The van der Waals surface area contributed by atoms with E-state index in [1.807, 2.05) is 25.2 Å². The molecule has 0 atom stereocenters. The maximum atomic E-state index is 12.2. The number of carbonyl (C=O) groups is 1. The van der Waals surface area contributed by atoms with Crippen LogP contribution in [0.2, 0.25) is 0 Å². The lowest BCUT2D eigenvalue weighted by Crippen LogP contribution is -2.49. The van der Waals surface area contributed by atoms with Crippen LogP contribution < -0.4 is 20.7 Å². The lowest BCUT2D eigenvalue weighted by Gasteiger charge is -2.34. The number of rotatable bonds is 8. The minimum absolute atomic E-state index is 0.0347. The van der Waals surface area contributed by atoms with E-state index < -0.39 is 0 Å². The van der Waals surface area contributed by atoms with Gasteiger partial charge in [-0.25, -0.2) is 19.9 Å². The zero-order valence-electron chi connectivity index (χ0n) is 20.2. The largest absolute Gasteiger partial charge is 0.479 e. The van der Waals surface area contributed by atoms with E-state index in [0.717, 1.165) is 62.0 Å². The molecule has 0 unspecified atom stereocenters. The lowest BCUT2D eigenvalue weighted by atomic mass is 9.86. The third kappa shape index (κ3) is 5.59. The van der Waals surface area contributed by atoms with Crippen molar-refractivity contribution in [2.75, 3.05) is 49.7 Å². The molecule has 1 aliphatic carbocycles. The third-order valence-corrected chi connectivity index (χ3v) is 6.87. The van der Waals surface area contributed by atoms with Gasteiger partial charge in [0.2, 0.25) is 17.7 Å². The molecule has 35 heavy (non-hydrogen) atoms. The molecule has 3 N–H and O–H groups in total. The second kappa shape index (κ2) is 10.4. The van der Waals surface area contributed by atoms with Gasteiger partial charge >= 0.3 is 0 Å². The first-order chi connectivity index (χ1) is 17.1. The van der Waals surface area contributed by atoms with Crippen LogP contribution >= 0.6 is 0 Å². The molecule has 0 bridgehead atoms. The number of fused-ring (bicyclic) bond motifs is 1. The molecule has 184 valence electrons. The van der Waals surface area contributed by atoms with Crippen LogP contribution in [0.1, 0.15) is 25.7 Å². The van der Waals surface area contributed by atoms with E-state index in [-0.39, 0.29) is 11.8 Å². The Bertz CT molecular complexity index is 1160. The molecule has 10 heteroatoms. The summed E-state index contributed by atoms with van der Waals surface area (Å²) in [6.45, 7) is 2.44. The molecule has 5 rings (SSSR count). The summed E-state index contributed by atoms with van der Waals surface area (Å²) < 4.78 is 5.35. The van der Waals surface area contributed by atoms with Crippen LogP contribution in [0.4, 0.5) is 17.5 Å². The summed E-state index contributed by atoms with van der Waals surface area (Å²) in [7, 11) is 3.62. The topological polar surface area (TPSA) is 117 Å². The highest BCUT2D eigenvalue weighted by Gasteiger charge is 2.30. The Balaban J connectivity index is 1.06. The van der Waals surface area contributed by atoms with Crippen LogP contribution in [-0.2, 0) is 4.79 Å². The van der Waals surface area contributed by atoms with Gasteiger partial charge in [-0.1, -0.05) is 0 Å². The van der Waals surface area contributed by atoms with Gasteiger partial charge < -0.3 is 25.6 Å². The van der Waals surface area contributed by atoms with Gasteiger partial charge in [-0.15, -0.1) is 0 Å². The minimum atomic E-state index is 0.0347. The molecule has 10 nitrogen and oxygen atoms in total. The number of hydrogen-bond acceptors (Lipinski definition) is 9. The smallest absolute Gasteiger partial charge is 0.240 e. The zero-order chi connectivity index (χ0) is 24.2. The lowest BCUT2D eigenvalue weighted by molar-refractivity contribution is -0.124. The quantitative estimate of drug-likeness (QED) is 0.451. The molecular weight excluding hydrogens is 444 g/mol. The predicted molar refractivity (Wildman–Crippen MR) is 136 cm³/mol. The standard InChI is InChI=1S/C25H32N8O2/c1-33-14-18(15-33)23(34)31-20-12-28-25(29-13-20)27-11-16-3-6-19(7-4-16)30-21-8-5-17-9-10-26-24(35-2)22(17)32-21/h5,8-10,12-13,16,18-19H,3-4,6-7,11,14-15H2,1-2H3,(H,30,32)(H,31,34)(H,27,28,29)/t16-,19-. The van der Waals surface area contributed by atoms with E-state index >= 15 is 0 Å². The maximum Gasteiger partial charge on any atom is 0.240 e. The molecule has 1 amide bonds. The second-order valence-electron chi connectivity index (χ2n) is 9.53. The van der Waals surface area contributed by atoms with E-state index in [1.165, 1.54) is 0 Å². The summed E-state index contributed by atoms with van der Waals surface area (Å²) in [6, 6.07) is 6.40. The van der Waals surface area contributed by atoms with Crippen LogP contribution in [0.15, 0.2) is 36.8 Å². The number of nitrogens with one attached hydrogen (secondary N) is 3. The summed E-state index contributed by atoms with van der Waals surface area (Å²) in [5, 5.41) is 10.8. The number of carbonyl (C=O) groups excluding carboxylic acids is 1. The summed E-state index contributed by atoms with van der Waals surface area (Å²) in [5.74, 6) is 2.65. The van der Waals surface area contributed by atoms with Crippen molar-refractivity contribution < 1.29 is 9.53 Å². The van der Waals surface area contributed by atoms with E-state index in [9.17, 15) is 4.79 Å². The molecule has 1 saturated carbocycles. The average molecular weight is 477 g/mol. The molecule has 0 radical (unpaired) electrons. The zero-order valence-corrected chi connectivity index (χ0v) is 20.2. The monoisotopic (exact) mass is 476 g/mol. The number of methoxy groups -OCH3 is 1. The Hall–Kier alpha value is -3.53. The summed E-state index contributed by atoms with van der Waals surface area (Å²) in [5.41, 5.74) is 1.41. The van der Waals surface area contributed by atoms with Gasteiger partial charge in [-0.2, -0.15) is 0 Å². The van der Waals surface area contributed by atoms with E-state index in [0.29, 0.717) is 29.5 Å². The molecule has 3 aromatic heterocycles. The highest BCUT2D eigenvalue weighted by molar-refractivity contribution is 5.93. The number of hydrogen-bond donors (Lipinski definition) is 3. The average Bonchev–Trinajstić information content (AvgIpc) is 2.87. The van der Waals surface area contributed by atoms with E-state index in [1.54, 1.807) is 25.7 Å². The first-order valence-corrected chi connectivity index (χ1v) is 12.2. The molecular formula is C25H32N8O2. The molecule has 2 fully saturated rings. The first kappa shape index (κ1) is 23.2. The molecule has 0 spiro atoms. The SMILES string of the molecule is COc1nccc2ccc(N[C@H]3CC[C@H](CNc4ncc(NC(=O)C5CN(C)C5)cn4)CC3)nc12. The van der Waals surface area contributed by atoms with Crippen LogP contribution in [0.25, 0.3) is 10.9 Å². The second-order valence-corrected chi connectivity index (χ2v) is 9.53. The number of pyridine rings is 2. The van der Waals surface area contributed by atoms with Crippen LogP contribution in [0, 0.1) is 11.8 Å². The van der Waals surface area contributed by atoms with E-state index in [2.05, 4.69) is 35.8 Å². The highest BCUT2D eigenvalue weighted by atomic mass is 16.5. The Kier molecular flexibility index (Phi) is 6.89. The van der Waals surface area contributed by atoms with Gasteiger partial charge in [0, 0.05) is 37.3 Å². The Morgan fingerprint density at radius 2 is 1.86 bits per heavy atom. The number of likely N-dealkylation sites (tertiary alicyclic amines) is 1. The van der Waals surface area contributed by atoms with Gasteiger partial charge in [0.1, 0.15) is 11.3 Å². The molecule has 4 heterocycles. The highest BCUT2D eigenvalue weighted by Crippen LogP contribution is 2.28. The van der Waals surface area contributed by atoms with Crippen molar-refractivity contribution in [3.05, 3.63) is 36.8 Å². The predicted octanol–water partition coefficient (Wildman–Crippen LogP) is 3.01. The Labute approximate surface area is 204 Å². The number of amides is 1. The number of nitrogens with zero attached hydrogens (tertiary/aromatic N) is 5. The van der Waals surface area contributed by atoms with Crippen LogP contribution in [0.3, 0.4) is 0 Å². The Morgan fingerprint density at radius 1 is 1.09 bits per heavy atom. The molecule has 3 aromatic rings. The molecule has 0 aromatic carbocycles. The third-order valence-electron chi connectivity index (χ3n) is 6.87. The van der Waals surface area contributed by atoms with Crippen LogP contribution in [-0.4, -0.2) is 70.6 Å². The fraction of sp³-hybridized carbons (Fsp3) is 0.480. The van der Waals surface area contributed by atoms with Gasteiger partial charge in [0.25, 0.3) is 0 Å². The van der Waals surface area contributed by atoms with Gasteiger partial charge in [0.15, 0.2) is 0 Å². The number of ether oxygens (including phenoxy) is 1. The fourth-order valence-corrected chi connectivity index (χ4v) is 4.80. The normalized spacial score (nSPS) is 20.7. The van der Waals surface area contributed by atoms with Crippen molar-refractivity contribution in [1.29, 1.82) is 0 Å². The van der Waals surface area contributed by atoms with Crippen molar-refractivity contribution in [2.24, 2.45) is 11.8 Å². The van der Waals surface area contributed by atoms with Crippen molar-refractivity contribution >= 4 is 34.3 Å². The van der Waals surface area contributed by atoms with Gasteiger partial charge in [0.05, 0.1) is 31.1 Å².